The summed E-state index contributed by atoms with van der Waals surface area (Å²) in [6.45, 7) is 0. The summed E-state index contributed by atoms with van der Waals surface area (Å²) in [5.41, 5.74) is 1.87. The molecule has 1 aliphatic rings. The van der Waals surface area contributed by atoms with Crippen molar-refractivity contribution in [2.24, 2.45) is 0 Å². The number of aromatic nitrogens is 5. The monoisotopic (exact) mass is 430 g/mol. The quantitative estimate of drug-likeness (QED) is 0.482. The Bertz CT molecular complexity index is 1280. The van der Waals surface area contributed by atoms with Gasteiger partial charge in [-0.2, -0.15) is 0 Å². The minimum Gasteiger partial charge on any atom is -0.380 e. The number of sulfonamides is 1. The Hall–Kier alpha value is -2.60. The van der Waals surface area contributed by atoms with E-state index < -0.39 is 16.1 Å². The number of fused-ring (bicyclic) bond motifs is 1. The van der Waals surface area contributed by atoms with Crippen LogP contribution in [0.1, 0.15) is 41.1 Å². The Labute approximate surface area is 170 Å². The first-order valence-electron chi connectivity index (χ1n) is 9.07. The number of nitrogens with zero attached hydrogens (tertiary/aromatic N) is 5. The Kier molecular flexibility index (Phi) is 4.28. The third kappa shape index (κ3) is 3.15. The lowest BCUT2D eigenvalue weighted by atomic mass is 10.1. The van der Waals surface area contributed by atoms with E-state index >= 15 is 0 Å². The summed E-state index contributed by atoms with van der Waals surface area (Å²) >= 11 is 1.66. The number of aliphatic hydroxyl groups is 1. The van der Waals surface area contributed by atoms with Gasteiger partial charge >= 0.3 is 0 Å². The van der Waals surface area contributed by atoms with E-state index in [1.54, 1.807) is 42.2 Å². The molecule has 1 saturated carbocycles. The highest BCUT2D eigenvalue weighted by atomic mass is 32.2. The molecule has 1 atom stereocenters. The molecule has 3 aromatic heterocycles. The highest BCUT2D eigenvalue weighted by molar-refractivity contribution is 7.89. The van der Waals surface area contributed by atoms with Crippen molar-refractivity contribution in [1.82, 2.24) is 29.1 Å². The van der Waals surface area contributed by atoms with Gasteiger partial charge in [-0.1, -0.05) is 5.21 Å². The van der Waals surface area contributed by atoms with Gasteiger partial charge in [0.05, 0.1) is 28.7 Å². The molecule has 0 amide bonds. The number of nitrogens with one attached hydrogen (secondary N) is 1. The highest BCUT2D eigenvalue weighted by Gasteiger charge is 2.33. The molecule has 150 valence electrons. The molecule has 0 aliphatic heterocycles. The lowest BCUT2D eigenvalue weighted by Crippen LogP contribution is -2.18. The second-order valence-electron chi connectivity index (χ2n) is 6.92. The minimum absolute atomic E-state index is 0.166. The molecule has 0 radical (unpaired) electrons. The minimum atomic E-state index is -3.50. The van der Waals surface area contributed by atoms with Gasteiger partial charge in [-0.15, -0.1) is 16.4 Å². The van der Waals surface area contributed by atoms with Crippen LogP contribution in [-0.2, 0) is 10.0 Å². The topological polar surface area (TPSA) is 114 Å². The second kappa shape index (κ2) is 6.73. The van der Waals surface area contributed by atoms with Crippen molar-refractivity contribution in [1.29, 1.82) is 0 Å². The van der Waals surface area contributed by atoms with Gasteiger partial charge in [0.1, 0.15) is 23.0 Å². The average molecular weight is 431 g/mol. The molecule has 29 heavy (non-hydrogen) atoms. The summed E-state index contributed by atoms with van der Waals surface area (Å²) in [6.07, 6.45) is 6.50. The molecule has 3 heterocycles. The van der Waals surface area contributed by atoms with E-state index in [1.807, 2.05) is 4.40 Å². The number of rotatable bonds is 6. The molecule has 5 rings (SSSR count). The molecular formula is C18H18N6O3S2. The van der Waals surface area contributed by atoms with E-state index in [1.165, 1.54) is 28.7 Å². The fourth-order valence-corrected chi connectivity index (χ4v) is 5.32. The molecule has 2 N–H and O–H groups in total. The molecule has 1 fully saturated rings. The van der Waals surface area contributed by atoms with Crippen LogP contribution in [0.25, 0.3) is 10.5 Å². The molecule has 0 spiro atoms. The fraction of sp³-hybridized carbons (Fsp3) is 0.278. The van der Waals surface area contributed by atoms with E-state index in [4.69, 9.17) is 0 Å². The Morgan fingerprint density at radius 2 is 2.03 bits per heavy atom. The van der Waals surface area contributed by atoms with Crippen LogP contribution in [0.2, 0.25) is 0 Å². The van der Waals surface area contributed by atoms with Gasteiger partial charge in [0.15, 0.2) is 0 Å². The van der Waals surface area contributed by atoms with Gasteiger partial charge in [-0.3, -0.25) is 4.40 Å². The zero-order valence-corrected chi connectivity index (χ0v) is 17.1. The van der Waals surface area contributed by atoms with Crippen molar-refractivity contribution < 1.29 is 13.5 Å². The number of hydrogen-bond acceptors (Lipinski definition) is 7. The first kappa shape index (κ1) is 18.4. The van der Waals surface area contributed by atoms with Gasteiger partial charge in [0, 0.05) is 4.88 Å². The van der Waals surface area contributed by atoms with Crippen LogP contribution in [0.4, 0.5) is 0 Å². The Morgan fingerprint density at radius 1 is 1.28 bits per heavy atom. The average Bonchev–Trinajstić information content (AvgIpc) is 3.14. The zero-order valence-electron chi connectivity index (χ0n) is 15.4. The van der Waals surface area contributed by atoms with Crippen molar-refractivity contribution in [3.63, 3.8) is 0 Å². The molecule has 1 aliphatic carbocycles. The maximum atomic E-state index is 11.9. The highest BCUT2D eigenvalue weighted by Crippen LogP contribution is 2.47. The van der Waals surface area contributed by atoms with Crippen LogP contribution in [-0.4, -0.2) is 45.0 Å². The maximum absolute atomic E-state index is 11.9. The molecular weight excluding hydrogens is 412 g/mol. The summed E-state index contributed by atoms with van der Waals surface area (Å²) in [6, 6.07) is 6.28. The third-order valence-corrected chi connectivity index (χ3v) is 7.71. The van der Waals surface area contributed by atoms with Gasteiger partial charge < -0.3 is 5.11 Å². The summed E-state index contributed by atoms with van der Waals surface area (Å²) in [5, 5.41) is 19.3. The van der Waals surface area contributed by atoms with E-state index in [2.05, 4.69) is 20.0 Å². The Morgan fingerprint density at radius 3 is 2.72 bits per heavy atom. The van der Waals surface area contributed by atoms with Crippen LogP contribution >= 0.6 is 11.3 Å². The lowest BCUT2D eigenvalue weighted by Gasteiger charge is -2.09. The smallest absolute Gasteiger partial charge is 0.240 e. The first-order chi connectivity index (χ1) is 14.0. The number of hydrogen-bond donors (Lipinski definition) is 2. The van der Waals surface area contributed by atoms with Crippen LogP contribution in [0.15, 0.2) is 47.9 Å². The summed E-state index contributed by atoms with van der Waals surface area (Å²) in [5.74, 6) is 0.487. The number of benzene rings is 1. The van der Waals surface area contributed by atoms with Crippen LogP contribution < -0.4 is 4.72 Å². The largest absolute Gasteiger partial charge is 0.380 e. The molecule has 1 aromatic carbocycles. The third-order valence-electron chi connectivity index (χ3n) is 5.01. The fourth-order valence-electron chi connectivity index (χ4n) is 3.29. The number of thiazole rings is 1. The number of aliphatic hydroxyl groups excluding tert-OH is 1. The second-order valence-corrected chi connectivity index (χ2v) is 9.87. The predicted molar refractivity (Wildman–Crippen MR) is 107 cm³/mol. The van der Waals surface area contributed by atoms with Crippen molar-refractivity contribution in [2.75, 3.05) is 7.05 Å². The molecule has 11 heteroatoms. The van der Waals surface area contributed by atoms with Crippen molar-refractivity contribution in [3.05, 3.63) is 59.3 Å². The van der Waals surface area contributed by atoms with E-state index in [0.29, 0.717) is 17.3 Å². The lowest BCUT2D eigenvalue weighted by molar-refractivity contribution is 0.208. The molecule has 1 unspecified atom stereocenters. The molecule has 0 bridgehead atoms. The normalized spacial score (nSPS) is 15.8. The van der Waals surface area contributed by atoms with Gasteiger partial charge in [0.25, 0.3) is 0 Å². The standard InChI is InChI=1S/C18H18N6O3S2/c1-19-29(26,27)13-6-4-12(5-7-13)24-9-14(21-22-24)17(25)16-18(11-2-3-11)28-15-8-20-10-23(15)16/h4-11,17,19,25H,2-3H2,1H3. The van der Waals surface area contributed by atoms with Crippen LogP contribution in [0.5, 0.6) is 0 Å². The van der Waals surface area contributed by atoms with Crippen LogP contribution in [0.3, 0.4) is 0 Å². The SMILES string of the molecule is CNS(=O)(=O)c1ccc(-n2cc(C(O)c3c(C4CC4)sc4cncn34)nn2)cc1. The molecule has 4 aromatic rings. The summed E-state index contributed by atoms with van der Waals surface area (Å²) in [7, 11) is -2.13. The van der Waals surface area contributed by atoms with Crippen molar-refractivity contribution in [3.8, 4) is 5.69 Å². The Balaban J connectivity index is 1.48. The van der Waals surface area contributed by atoms with E-state index in [0.717, 1.165) is 23.4 Å². The van der Waals surface area contributed by atoms with E-state index in [9.17, 15) is 13.5 Å². The summed E-state index contributed by atoms with van der Waals surface area (Å²) < 4.78 is 29.4. The molecule has 0 saturated heterocycles. The van der Waals surface area contributed by atoms with E-state index in [-0.39, 0.29) is 4.90 Å². The summed E-state index contributed by atoms with van der Waals surface area (Å²) in [4.78, 5) is 6.51. The number of imidazole rings is 1. The maximum Gasteiger partial charge on any atom is 0.240 e. The predicted octanol–water partition coefficient (Wildman–Crippen LogP) is 1.84. The van der Waals surface area contributed by atoms with Crippen LogP contribution in [0, 0.1) is 0 Å². The van der Waals surface area contributed by atoms with Gasteiger partial charge in [-0.25, -0.2) is 22.8 Å². The molecule has 9 nitrogen and oxygen atoms in total. The van der Waals surface area contributed by atoms with Gasteiger partial charge in [-0.05, 0) is 50.1 Å². The van der Waals surface area contributed by atoms with Crippen molar-refractivity contribution >= 4 is 26.2 Å². The van der Waals surface area contributed by atoms with Gasteiger partial charge in [0.2, 0.25) is 10.0 Å². The zero-order chi connectivity index (χ0) is 20.2. The van der Waals surface area contributed by atoms with Crippen molar-refractivity contribution in [2.45, 2.75) is 29.8 Å². The first-order valence-corrected chi connectivity index (χ1v) is 11.4.